The highest BCUT2D eigenvalue weighted by atomic mass is 16.5. The maximum Gasteiger partial charge on any atom is 0.320 e. The molecule has 0 amide bonds. The zero-order valence-electron chi connectivity index (χ0n) is 15.5. The van der Waals surface area contributed by atoms with Gasteiger partial charge in [-0.05, 0) is 42.3 Å². The Morgan fingerprint density at radius 3 is 2.33 bits per heavy atom. The summed E-state index contributed by atoms with van der Waals surface area (Å²) in [6.07, 6.45) is 2.14. The van der Waals surface area contributed by atoms with Crippen LogP contribution in [0.1, 0.15) is 5.56 Å². The molecule has 0 saturated heterocycles. The number of methoxy groups -OCH3 is 3. The summed E-state index contributed by atoms with van der Waals surface area (Å²) in [5.74, 6) is -1.45. The van der Waals surface area contributed by atoms with E-state index in [4.69, 9.17) is 14.2 Å². The number of para-hydroxylation sites is 1. The molecule has 1 aromatic heterocycles. The number of benzene rings is 2. The first-order valence-corrected chi connectivity index (χ1v) is 8.48. The van der Waals surface area contributed by atoms with E-state index in [9.17, 15) is 9.59 Å². The highest BCUT2D eigenvalue weighted by Gasteiger charge is 2.29. The standard InChI is InChI=1S/C21H21NO5/c1-25-16-8-9-19-15(12-16)10-11-22(19)18-7-5-4-6-14(18)13-17(20(23)26-2)21(24)27-3/h4-12,17H,13H2,1-3H3. The maximum atomic E-state index is 12.1. The fraction of sp³-hybridized carbons (Fsp3) is 0.238. The normalized spacial score (nSPS) is 10.8. The predicted molar refractivity (Wildman–Crippen MR) is 101 cm³/mol. The lowest BCUT2D eigenvalue weighted by Crippen LogP contribution is -2.28. The van der Waals surface area contributed by atoms with Gasteiger partial charge in [0.2, 0.25) is 0 Å². The Morgan fingerprint density at radius 1 is 0.963 bits per heavy atom. The molecule has 27 heavy (non-hydrogen) atoms. The van der Waals surface area contributed by atoms with E-state index in [2.05, 4.69) is 0 Å². The van der Waals surface area contributed by atoms with Crippen molar-refractivity contribution in [3.05, 3.63) is 60.3 Å². The fourth-order valence-corrected chi connectivity index (χ4v) is 3.14. The zero-order chi connectivity index (χ0) is 19.4. The summed E-state index contributed by atoms with van der Waals surface area (Å²) in [4.78, 5) is 24.1. The Hall–Kier alpha value is -3.28. The van der Waals surface area contributed by atoms with Crippen molar-refractivity contribution in [3.8, 4) is 11.4 Å². The van der Waals surface area contributed by atoms with Gasteiger partial charge in [-0.15, -0.1) is 0 Å². The van der Waals surface area contributed by atoms with E-state index in [1.54, 1.807) is 7.11 Å². The van der Waals surface area contributed by atoms with Gasteiger partial charge in [0.1, 0.15) is 5.75 Å². The van der Waals surface area contributed by atoms with E-state index in [-0.39, 0.29) is 6.42 Å². The Morgan fingerprint density at radius 2 is 1.67 bits per heavy atom. The molecule has 0 fully saturated rings. The van der Waals surface area contributed by atoms with Crippen LogP contribution in [0.15, 0.2) is 54.7 Å². The molecule has 0 aliphatic rings. The third-order valence-electron chi connectivity index (χ3n) is 4.54. The quantitative estimate of drug-likeness (QED) is 0.495. The van der Waals surface area contributed by atoms with E-state index in [0.717, 1.165) is 27.9 Å². The van der Waals surface area contributed by atoms with Gasteiger partial charge in [0.15, 0.2) is 5.92 Å². The Kier molecular flexibility index (Phi) is 5.45. The predicted octanol–water partition coefficient (Wildman–Crippen LogP) is 3.14. The van der Waals surface area contributed by atoms with Crippen LogP contribution >= 0.6 is 0 Å². The summed E-state index contributed by atoms with van der Waals surface area (Å²) in [5.41, 5.74) is 2.72. The van der Waals surface area contributed by atoms with Crippen molar-refractivity contribution in [2.45, 2.75) is 6.42 Å². The van der Waals surface area contributed by atoms with Crippen molar-refractivity contribution in [1.29, 1.82) is 0 Å². The van der Waals surface area contributed by atoms with Crippen molar-refractivity contribution in [2.75, 3.05) is 21.3 Å². The number of ether oxygens (including phenoxy) is 3. The largest absolute Gasteiger partial charge is 0.497 e. The van der Waals surface area contributed by atoms with Gasteiger partial charge < -0.3 is 18.8 Å². The lowest BCUT2D eigenvalue weighted by Gasteiger charge is -2.16. The minimum atomic E-state index is -1.01. The van der Waals surface area contributed by atoms with Crippen LogP contribution in [0.5, 0.6) is 5.75 Å². The average Bonchev–Trinajstić information content (AvgIpc) is 3.14. The summed E-state index contributed by atoms with van der Waals surface area (Å²) in [7, 11) is 4.15. The molecule has 2 aromatic carbocycles. The van der Waals surface area contributed by atoms with E-state index >= 15 is 0 Å². The van der Waals surface area contributed by atoms with E-state index < -0.39 is 17.9 Å². The second-order valence-corrected chi connectivity index (χ2v) is 6.04. The van der Waals surface area contributed by atoms with Crippen LogP contribution in [0.4, 0.5) is 0 Å². The molecule has 6 heteroatoms. The first kappa shape index (κ1) is 18.5. The van der Waals surface area contributed by atoms with Crippen molar-refractivity contribution in [2.24, 2.45) is 5.92 Å². The number of rotatable bonds is 6. The molecule has 0 saturated carbocycles. The number of aromatic nitrogens is 1. The van der Waals surface area contributed by atoms with Gasteiger partial charge in [0.05, 0.1) is 26.8 Å². The van der Waals surface area contributed by atoms with Crippen LogP contribution in [0, 0.1) is 5.92 Å². The summed E-state index contributed by atoms with van der Waals surface area (Å²) in [6, 6.07) is 15.5. The molecular weight excluding hydrogens is 346 g/mol. The molecule has 0 radical (unpaired) electrons. The summed E-state index contributed by atoms with van der Waals surface area (Å²) < 4.78 is 16.8. The molecule has 3 aromatic rings. The van der Waals surface area contributed by atoms with E-state index in [1.807, 2.05) is 59.3 Å². The SMILES string of the molecule is COC(=O)C(Cc1ccccc1-n1ccc2cc(OC)ccc21)C(=O)OC. The molecule has 0 spiro atoms. The molecule has 1 heterocycles. The van der Waals surface area contributed by atoms with Gasteiger partial charge in [-0.25, -0.2) is 0 Å². The van der Waals surface area contributed by atoms with E-state index in [1.165, 1.54) is 14.2 Å². The molecule has 0 bridgehead atoms. The Bertz CT molecular complexity index is 960. The minimum Gasteiger partial charge on any atom is -0.497 e. The molecule has 6 nitrogen and oxygen atoms in total. The number of esters is 2. The number of fused-ring (bicyclic) bond motifs is 1. The molecule has 0 N–H and O–H groups in total. The van der Waals surface area contributed by atoms with Gasteiger partial charge in [-0.3, -0.25) is 9.59 Å². The number of nitrogens with zero attached hydrogens (tertiary/aromatic N) is 1. The van der Waals surface area contributed by atoms with Crippen molar-refractivity contribution in [1.82, 2.24) is 4.57 Å². The second-order valence-electron chi connectivity index (χ2n) is 6.04. The van der Waals surface area contributed by atoms with Gasteiger partial charge >= 0.3 is 11.9 Å². The first-order chi connectivity index (χ1) is 13.1. The zero-order valence-corrected chi connectivity index (χ0v) is 15.5. The lowest BCUT2D eigenvalue weighted by molar-refractivity contribution is -0.158. The van der Waals surface area contributed by atoms with E-state index in [0.29, 0.717) is 0 Å². The molecule has 140 valence electrons. The smallest absolute Gasteiger partial charge is 0.320 e. The average molecular weight is 367 g/mol. The van der Waals surface area contributed by atoms with Crippen LogP contribution in [0.25, 0.3) is 16.6 Å². The van der Waals surface area contributed by atoms with Crippen LogP contribution in [0.3, 0.4) is 0 Å². The molecule has 0 aliphatic heterocycles. The number of hydrogen-bond acceptors (Lipinski definition) is 5. The number of carbonyl (C=O) groups excluding carboxylic acids is 2. The van der Waals surface area contributed by atoms with Crippen LogP contribution < -0.4 is 4.74 Å². The topological polar surface area (TPSA) is 66.8 Å². The van der Waals surface area contributed by atoms with Crippen LogP contribution in [0.2, 0.25) is 0 Å². The molecule has 0 aliphatic carbocycles. The maximum absolute atomic E-state index is 12.1. The summed E-state index contributed by atoms with van der Waals surface area (Å²) in [5, 5.41) is 1.03. The summed E-state index contributed by atoms with van der Waals surface area (Å²) in [6.45, 7) is 0. The van der Waals surface area contributed by atoms with Gasteiger partial charge in [-0.2, -0.15) is 0 Å². The van der Waals surface area contributed by atoms with Gasteiger partial charge in [0.25, 0.3) is 0 Å². The summed E-state index contributed by atoms with van der Waals surface area (Å²) >= 11 is 0. The lowest BCUT2D eigenvalue weighted by atomic mass is 9.98. The van der Waals surface area contributed by atoms with Crippen molar-refractivity contribution >= 4 is 22.8 Å². The highest BCUT2D eigenvalue weighted by Crippen LogP contribution is 2.27. The molecular formula is C21H21NO5. The van der Waals surface area contributed by atoms with Gasteiger partial charge in [0, 0.05) is 17.3 Å². The van der Waals surface area contributed by atoms with Crippen molar-refractivity contribution in [3.63, 3.8) is 0 Å². The van der Waals surface area contributed by atoms with Gasteiger partial charge in [-0.1, -0.05) is 18.2 Å². The Labute approximate surface area is 157 Å². The van der Waals surface area contributed by atoms with Crippen LogP contribution in [-0.2, 0) is 25.5 Å². The number of hydrogen-bond donors (Lipinski definition) is 0. The Balaban J connectivity index is 2.04. The van der Waals surface area contributed by atoms with Crippen molar-refractivity contribution < 1.29 is 23.8 Å². The molecule has 0 atom stereocenters. The monoisotopic (exact) mass is 367 g/mol. The first-order valence-electron chi connectivity index (χ1n) is 8.48. The molecule has 3 rings (SSSR count). The second kappa shape index (κ2) is 7.95. The third-order valence-corrected chi connectivity index (χ3v) is 4.54. The highest BCUT2D eigenvalue weighted by molar-refractivity contribution is 5.95. The van der Waals surface area contributed by atoms with Crippen LogP contribution in [-0.4, -0.2) is 37.8 Å². The number of carbonyl (C=O) groups is 2. The minimum absolute atomic E-state index is 0.186. The fourth-order valence-electron chi connectivity index (χ4n) is 3.14. The third kappa shape index (κ3) is 3.65. The molecule has 0 unspecified atom stereocenters.